The normalized spacial score (nSPS) is 19.8. The topological polar surface area (TPSA) is 37.3 Å². The molecule has 1 fully saturated rings. The number of hydrogen-bond donors (Lipinski definition) is 1. The van der Waals surface area contributed by atoms with Crippen molar-refractivity contribution in [1.82, 2.24) is 0 Å². The molecule has 1 aliphatic rings. The summed E-state index contributed by atoms with van der Waals surface area (Å²) in [7, 11) is 0. The Kier molecular flexibility index (Phi) is 4.57. The van der Waals surface area contributed by atoms with Crippen LogP contribution in [0.5, 0.6) is 0 Å². The molecule has 1 saturated carbocycles. The smallest absolute Gasteiger partial charge is 0.303 e. The van der Waals surface area contributed by atoms with Crippen molar-refractivity contribution in [3.8, 4) is 11.1 Å². The van der Waals surface area contributed by atoms with Crippen LogP contribution in [0, 0.1) is 11.8 Å². The predicted octanol–water partition coefficient (Wildman–Crippen LogP) is 4.79. The zero-order valence-corrected chi connectivity index (χ0v) is 12.7. The maximum atomic E-state index is 10.6. The number of benzene rings is 2. The number of rotatable bonds is 7. The summed E-state index contributed by atoms with van der Waals surface area (Å²) in [5.41, 5.74) is 3.89. The summed E-state index contributed by atoms with van der Waals surface area (Å²) in [6.45, 7) is 0. The van der Waals surface area contributed by atoms with Gasteiger partial charge in [-0.2, -0.15) is 0 Å². The van der Waals surface area contributed by atoms with E-state index in [2.05, 4.69) is 48.5 Å². The van der Waals surface area contributed by atoms with Crippen LogP contribution in [0.3, 0.4) is 0 Å². The number of aryl methyl sites for hydroxylation is 1. The van der Waals surface area contributed by atoms with Crippen molar-refractivity contribution in [2.75, 3.05) is 0 Å². The molecule has 0 amide bonds. The molecule has 2 atom stereocenters. The minimum Gasteiger partial charge on any atom is -0.481 e. The van der Waals surface area contributed by atoms with Crippen LogP contribution in [-0.2, 0) is 11.2 Å². The summed E-state index contributed by atoms with van der Waals surface area (Å²) >= 11 is 0. The van der Waals surface area contributed by atoms with E-state index >= 15 is 0 Å². The summed E-state index contributed by atoms with van der Waals surface area (Å²) in [6, 6.07) is 19.3. The van der Waals surface area contributed by atoms with E-state index < -0.39 is 5.97 Å². The van der Waals surface area contributed by atoms with Crippen molar-refractivity contribution in [2.24, 2.45) is 11.8 Å². The molecule has 0 saturated heterocycles. The van der Waals surface area contributed by atoms with Gasteiger partial charge in [-0.25, -0.2) is 0 Å². The van der Waals surface area contributed by atoms with Gasteiger partial charge < -0.3 is 5.11 Å². The monoisotopic (exact) mass is 294 g/mol. The standard InChI is InChI=1S/C20H22O2/c21-20(22)13-12-19-14-18(19)11-8-15-6-9-17(10-7-15)16-4-2-1-3-5-16/h1-7,9-10,18-19H,8,11-14H2,(H,21,22). The minimum atomic E-state index is -0.665. The van der Waals surface area contributed by atoms with Crippen LogP contribution < -0.4 is 0 Å². The van der Waals surface area contributed by atoms with Gasteiger partial charge in [0.15, 0.2) is 0 Å². The summed E-state index contributed by atoms with van der Waals surface area (Å²) < 4.78 is 0. The highest BCUT2D eigenvalue weighted by Crippen LogP contribution is 2.45. The molecule has 2 heteroatoms. The molecule has 2 aromatic carbocycles. The molecule has 2 aromatic rings. The minimum absolute atomic E-state index is 0.326. The molecule has 2 nitrogen and oxygen atoms in total. The average molecular weight is 294 g/mol. The lowest BCUT2D eigenvalue weighted by atomic mass is 10.0. The molecule has 0 aliphatic heterocycles. The molecule has 1 aliphatic carbocycles. The Hall–Kier alpha value is -2.09. The van der Waals surface area contributed by atoms with E-state index in [1.54, 1.807) is 0 Å². The second-order valence-electron chi connectivity index (χ2n) is 6.29. The molecule has 0 aromatic heterocycles. The van der Waals surface area contributed by atoms with E-state index in [0.717, 1.165) is 18.8 Å². The largest absolute Gasteiger partial charge is 0.481 e. The van der Waals surface area contributed by atoms with Crippen molar-refractivity contribution < 1.29 is 9.90 Å². The van der Waals surface area contributed by atoms with E-state index in [4.69, 9.17) is 5.11 Å². The Balaban J connectivity index is 1.47. The number of carboxylic acid groups (broad SMARTS) is 1. The molecule has 22 heavy (non-hydrogen) atoms. The molecular weight excluding hydrogens is 272 g/mol. The third-order valence-corrected chi connectivity index (χ3v) is 4.66. The van der Waals surface area contributed by atoms with Gasteiger partial charge in [0.05, 0.1) is 0 Å². The van der Waals surface area contributed by atoms with Gasteiger partial charge in [-0.15, -0.1) is 0 Å². The molecule has 0 heterocycles. The molecule has 0 spiro atoms. The SMILES string of the molecule is O=C(O)CCC1CC1CCc1ccc(-c2ccccc2)cc1. The fourth-order valence-corrected chi connectivity index (χ4v) is 3.17. The third-order valence-electron chi connectivity index (χ3n) is 4.66. The first-order chi connectivity index (χ1) is 10.7. The van der Waals surface area contributed by atoms with Crippen LogP contribution >= 0.6 is 0 Å². The van der Waals surface area contributed by atoms with Crippen molar-refractivity contribution in [3.63, 3.8) is 0 Å². The Morgan fingerprint density at radius 2 is 1.55 bits per heavy atom. The van der Waals surface area contributed by atoms with Crippen LogP contribution in [-0.4, -0.2) is 11.1 Å². The predicted molar refractivity (Wildman–Crippen MR) is 88.7 cm³/mol. The van der Waals surface area contributed by atoms with E-state index in [1.165, 1.54) is 29.5 Å². The Labute approximate surface area is 131 Å². The molecule has 0 radical (unpaired) electrons. The lowest BCUT2D eigenvalue weighted by Crippen LogP contribution is -1.96. The van der Waals surface area contributed by atoms with Gasteiger partial charge in [-0.05, 0) is 54.2 Å². The quantitative estimate of drug-likeness (QED) is 0.797. The average Bonchev–Trinajstić information content (AvgIpc) is 3.31. The van der Waals surface area contributed by atoms with Crippen molar-refractivity contribution in [3.05, 3.63) is 60.2 Å². The summed E-state index contributed by atoms with van der Waals surface area (Å²) in [6.07, 6.45) is 4.69. The summed E-state index contributed by atoms with van der Waals surface area (Å²) in [5.74, 6) is 0.731. The molecule has 114 valence electrons. The van der Waals surface area contributed by atoms with E-state index in [1.807, 2.05) is 6.07 Å². The number of carboxylic acids is 1. The first-order valence-electron chi connectivity index (χ1n) is 8.08. The van der Waals surface area contributed by atoms with Crippen LogP contribution in [0.25, 0.3) is 11.1 Å². The third kappa shape index (κ3) is 3.97. The van der Waals surface area contributed by atoms with Crippen LogP contribution in [0.2, 0.25) is 0 Å². The number of carbonyl (C=O) groups is 1. The van der Waals surface area contributed by atoms with Crippen molar-refractivity contribution >= 4 is 5.97 Å². The molecule has 3 rings (SSSR count). The zero-order chi connectivity index (χ0) is 15.4. The molecule has 2 unspecified atom stereocenters. The van der Waals surface area contributed by atoms with E-state index in [-0.39, 0.29) is 0 Å². The van der Waals surface area contributed by atoms with Crippen molar-refractivity contribution in [1.29, 1.82) is 0 Å². The van der Waals surface area contributed by atoms with E-state index in [0.29, 0.717) is 12.3 Å². The Bertz CT molecular complexity index is 616. The van der Waals surface area contributed by atoms with Crippen LogP contribution in [0.1, 0.15) is 31.2 Å². The van der Waals surface area contributed by atoms with Gasteiger partial charge >= 0.3 is 5.97 Å². The highest BCUT2D eigenvalue weighted by Gasteiger charge is 2.35. The fraction of sp³-hybridized carbons (Fsp3) is 0.350. The highest BCUT2D eigenvalue weighted by molar-refractivity contribution is 5.66. The number of aliphatic carboxylic acids is 1. The van der Waals surface area contributed by atoms with Crippen molar-refractivity contribution in [2.45, 2.75) is 32.1 Å². The molecule has 0 bridgehead atoms. The second-order valence-corrected chi connectivity index (χ2v) is 6.29. The van der Waals surface area contributed by atoms with Gasteiger partial charge in [0.2, 0.25) is 0 Å². The first-order valence-corrected chi connectivity index (χ1v) is 8.08. The number of hydrogen-bond acceptors (Lipinski definition) is 1. The summed E-state index contributed by atoms with van der Waals surface area (Å²) in [5, 5.41) is 8.70. The second kappa shape index (κ2) is 6.78. The zero-order valence-electron chi connectivity index (χ0n) is 12.7. The fourth-order valence-electron chi connectivity index (χ4n) is 3.17. The molecular formula is C20H22O2. The lowest BCUT2D eigenvalue weighted by Gasteiger charge is -2.05. The molecule has 1 N–H and O–H groups in total. The Morgan fingerprint density at radius 1 is 0.909 bits per heavy atom. The maximum Gasteiger partial charge on any atom is 0.303 e. The highest BCUT2D eigenvalue weighted by atomic mass is 16.4. The first kappa shape index (κ1) is 14.8. The van der Waals surface area contributed by atoms with Gasteiger partial charge in [-0.1, -0.05) is 54.6 Å². The van der Waals surface area contributed by atoms with E-state index in [9.17, 15) is 4.79 Å². The maximum absolute atomic E-state index is 10.6. The van der Waals surface area contributed by atoms with Crippen LogP contribution in [0.15, 0.2) is 54.6 Å². The van der Waals surface area contributed by atoms with Gasteiger partial charge in [0.1, 0.15) is 0 Å². The lowest BCUT2D eigenvalue weighted by molar-refractivity contribution is -0.137. The van der Waals surface area contributed by atoms with Gasteiger partial charge in [0.25, 0.3) is 0 Å². The van der Waals surface area contributed by atoms with Crippen LogP contribution in [0.4, 0.5) is 0 Å². The van der Waals surface area contributed by atoms with Gasteiger partial charge in [-0.3, -0.25) is 4.79 Å². The summed E-state index contributed by atoms with van der Waals surface area (Å²) in [4.78, 5) is 10.6. The Morgan fingerprint density at radius 3 is 2.23 bits per heavy atom. The van der Waals surface area contributed by atoms with Gasteiger partial charge in [0, 0.05) is 6.42 Å².